The molecule has 1 aromatic heterocycles. The Morgan fingerprint density at radius 1 is 1.65 bits per heavy atom. The smallest absolute Gasteiger partial charge is 0.342 e. The van der Waals surface area contributed by atoms with E-state index in [1.165, 1.54) is 6.07 Å². The van der Waals surface area contributed by atoms with Crippen LogP contribution < -0.4 is 5.32 Å². The number of rotatable bonds is 4. The molecule has 1 atom stereocenters. The van der Waals surface area contributed by atoms with Crippen molar-refractivity contribution in [1.82, 2.24) is 9.88 Å². The van der Waals surface area contributed by atoms with Crippen LogP contribution in [0.4, 0.5) is 11.5 Å². The van der Waals surface area contributed by atoms with E-state index < -0.39 is 16.6 Å². The van der Waals surface area contributed by atoms with E-state index in [9.17, 15) is 14.9 Å². The number of hydrogen-bond acceptors (Lipinski definition) is 6. The molecule has 0 bridgehead atoms. The standard InChI is InChI=1S/C12H16N4O4/c1-15-4-2-3-8(7-15)14-11-5-9(12(17)18)10(6-13-11)16(19)20/h5-6,8H,2-4,7H2,1H3,(H,13,14)(H,17,18). The van der Waals surface area contributed by atoms with E-state index in [-0.39, 0.29) is 11.6 Å². The van der Waals surface area contributed by atoms with Crippen LogP contribution in [-0.2, 0) is 0 Å². The summed E-state index contributed by atoms with van der Waals surface area (Å²) in [4.78, 5) is 27.2. The van der Waals surface area contributed by atoms with Crippen LogP contribution >= 0.6 is 0 Å². The van der Waals surface area contributed by atoms with Crippen LogP contribution in [0, 0.1) is 10.1 Å². The molecule has 1 aliphatic heterocycles. The second-order valence-corrected chi connectivity index (χ2v) is 4.89. The minimum atomic E-state index is -1.33. The number of aromatic nitrogens is 1. The molecular weight excluding hydrogens is 264 g/mol. The zero-order valence-corrected chi connectivity index (χ0v) is 11.1. The number of piperidine rings is 1. The predicted octanol–water partition coefficient (Wildman–Crippen LogP) is 1.19. The van der Waals surface area contributed by atoms with Crippen molar-refractivity contribution in [3.05, 3.63) is 27.9 Å². The van der Waals surface area contributed by atoms with Crippen molar-refractivity contribution in [1.29, 1.82) is 0 Å². The Bertz CT molecular complexity index is 534. The predicted molar refractivity (Wildman–Crippen MR) is 72.0 cm³/mol. The first kappa shape index (κ1) is 14.2. The van der Waals surface area contributed by atoms with E-state index in [0.717, 1.165) is 32.1 Å². The summed E-state index contributed by atoms with van der Waals surface area (Å²) in [5, 5.41) is 22.9. The zero-order chi connectivity index (χ0) is 14.7. The number of anilines is 1. The van der Waals surface area contributed by atoms with Gasteiger partial charge in [0.05, 0.1) is 4.92 Å². The molecule has 108 valence electrons. The third-order valence-electron chi connectivity index (χ3n) is 3.29. The molecule has 2 N–H and O–H groups in total. The number of aromatic carboxylic acids is 1. The van der Waals surface area contributed by atoms with Crippen molar-refractivity contribution in [2.45, 2.75) is 18.9 Å². The number of hydrogen-bond donors (Lipinski definition) is 2. The molecule has 0 amide bonds. The minimum absolute atomic E-state index is 0.171. The first-order valence-corrected chi connectivity index (χ1v) is 6.30. The van der Waals surface area contributed by atoms with Gasteiger partial charge in [0.25, 0.3) is 0 Å². The molecule has 1 saturated heterocycles. The lowest BCUT2D eigenvalue weighted by Gasteiger charge is -2.30. The van der Waals surface area contributed by atoms with Crippen LogP contribution in [0.3, 0.4) is 0 Å². The fraction of sp³-hybridized carbons (Fsp3) is 0.500. The number of likely N-dealkylation sites (N-methyl/N-ethyl adjacent to an activating group) is 1. The van der Waals surface area contributed by atoms with E-state index in [4.69, 9.17) is 5.11 Å². The van der Waals surface area contributed by atoms with Gasteiger partial charge in [0, 0.05) is 18.7 Å². The molecule has 0 aromatic carbocycles. The fourth-order valence-corrected chi connectivity index (χ4v) is 2.34. The molecule has 0 saturated carbocycles. The fourth-order valence-electron chi connectivity index (χ4n) is 2.34. The zero-order valence-electron chi connectivity index (χ0n) is 11.1. The van der Waals surface area contributed by atoms with Crippen molar-refractivity contribution in [3.63, 3.8) is 0 Å². The number of carboxylic acid groups (broad SMARTS) is 1. The Hall–Kier alpha value is -2.22. The maximum Gasteiger partial charge on any atom is 0.342 e. The Labute approximate surface area is 115 Å². The highest BCUT2D eigenvalue weighted by atomic mass is 16.6. The van der Waals surface area contributed by atoms with E-state index >= 15 is 0 Å². The molecule has 8 nitrogen and oxygen atoms in total. The van der Waals surface area contributed by atoms with Crippen LogP contribution in [0.2, 0.25) is 0 Å². The molecule has 0 radical (unpaired) electrons. The summed E-state index contributed by atoms with van der Waals surface area (Å²) >= 11 is 0. The molecule has 0 spiro atoms. The van der Waals surface area contributed by atoms with Gasteiger partial charge in [0.15, 0.2) is 0 Å². The van der Waals surface area contributed by atoms with Crippen molar-refractivity contribution < 1.29 is 14.8 Å². The molecule has 1 unspecified atom stereocenters. The second-order valence-electron chi connectivity index (χ2n) is 4.89. The van der Waals surface area contributed by atoms with Crippen LogP contribution in [0.15, 0.2) is 12.3 Å². The Kier molecular flexibility index (Phi) is 4.14. The third-order valence-corrected chi connectivity index (χ3v) is 3.29. The third kappa shape index (κ3) is 3.21. The first-order chi connectivity index (χ1) is 9.47. The molecule has 1 aromatic rings. The van der Waals surface area contributed by atoms with Gasteiger partial charge in [0.1, 0.15) is 17.6 Å². The summed E-state index contributed by atoms with van der Waals surface area (Å²) in [6, 6.07) is 1.39. The van der Waals surface area contributed by atoms with Crippen LogP contribution in [0.25, 0.3) is 0 Å². The van der Waals surface area contributed by atoms with Crippen LogP contribution in [0.5, 0.6) is 0 Å². The first-order valence-electron chi connectivity index (χ1n) is 6.30. The van der Waals surface area contributed by atoms with Gasteiger partial charge in [-0.25, -0.2) is 9.78 Å². The number of likely N-dealkylation sites (tertiary alicyclic amines) is 1. The highest BCUT2D eigenvalue weighted by Crippen LogP contribution is 2.21. The van der Waals surface area contributed by atoms with Crippen LogP contribution in [-0.4, -0.2) is 52.1 Å². The van der Waals surface area contributed by atoms with E-state index in [2.05, 4.69) is 15.2 Å². The highest BCUT2D eigenvalue weighted by molar-refractivity contribution is 5.93. The maximum absolute atomic E-state index is 11.1. The van der Waals surface area contributed by atoms with E-state index in [1.54, 1.807) is 0 Å². The normalized spacial score (nSPS) is 19.6. The van der Waals surface area contributed by atoms with Gasteiger partial charge >= 0.3 is 11.7 Å². The van der Waals surface area contributed by atoms with Gasteiger partial charge in [0.2, 0.25) is 0 Å². The molecule has 0 aliphatic carbocycles. The molecule has 20 heavy (non-hydrogen) atoms. The summed E-state index contributed by atoms with van der Waals surface area (Å²) < 4.78 is 0. The molecule has 1 aliphatic rings. The number of pyridine rings is 1. The van der Waals surface area contributed by atoms with Gasteiger partial charge in [-0.1, -0.05) is 0 Å². The highest BCUT2D eigenvalue weighted by Gasteiger charge is 2.23. The number of nitrogens with one attached hydrogen (secondary N) is 1. The molecule has 2 rings (SSSR count). The lowest BCUT2D eigenvalue weighted by molar-refractivity contribution is -0.385. The lowest BCUT2D eigenvalue weighted by atomic mass is 10.1. The van der Waals surface area contributed by atoms with Gasteiger partial charge in [-0.3, -0.25) is 10.1 Å². The average Bonchev–Trinajstić information content (AvgIpc) is 2.38. The Balaban J connectivity index is 2.18. The van der Waals surface area contributed by atoms with Crippen LogP contribution in [0.1, 0.15) is 23.2 Å². The Morgan fingerprint density at radius 3 is 3.00 bits per heavy atom. The Morgan fingerprint density at radius 2 is 2.40 bits per heavy atom. The molecule has 1 fully saturated rings. The summed E-state index contributed by atoms with van der Waals surface area (Å²) in [6.45, 7) is 1.87. The monoisotopic (exact) mass is 280 g/mol. The van der Waals surface area contributed by atoms with Crippen molar-refractivity contribution in [2.75, 3.05) is 25.5 Å². The van der Waals surface area contributed by atoms with E-state index in [1.807, 2.05) is 7.05 Å². The van der Waals surface area contributed by atoms with Crippen molar-refractivity contribution in [3.8, 4) is 0 Å². The summed E-state index contributed by atoms with van der Waals surface area (Å²) in [7, 11) is 2.01. The van der Waals surface area contributed by atoms with Crippen molar-refractivity contribution >= 4 is 17.5 Å². The summed E-state index contributed by atoms with van der Waals surface area (Å²) in [6.07, 6.45) is 3.00. The largest absolute Gasteiger partial charge is 0.477 e. The second kappa shape index (κ2) is 5.83. The number of carboxylic acids is 1. The minimum Gasteiger partial charge on any atom is -0.477 e. The molecular formula is C12H16N4O4. The van der Waals surface area contributed by atoms with E-state index in [0.29, 0.717) is 5.82 Å². The SMILES string of the molecule is CN1CCCC(Nc2cc(C(=O)O)c([N+](=O)[O-])cn2)C1. The summed E-state index contributed by atoms with van der Waals surface area (Å²) in [5.74, 6) is -0.976. The maximum atomic E-state index is 11.1. The van der Waals surface area contributed by atoms with Gasteiger partial charge in [-0.15, -0.1) is 0 Å². The topological polar surface area (TPSA) is 109 Å². The van der Waals surface area contributed by atoms with Gasteiger partial charge < -0.3 is 15.3 Å². The molecule has 8 heteroatoms. The van der Waals surface area contributed by atoms with Crippen molar-refractivity contribution in [2.24, 2.45) is 0 Å². The number of carbonyl (C=O) groups is 1. The summed E-state index contributed by atoms with van der Waals surface area (Å²) in [5.41, 5.74) is -0.847. The number of nitro groups is 1. The molecule has 2 heterocycles. The lowest BCUT2D eigenvalue weighted by Crippen LogP contribution is -2.39. The van der Waals surface area contributed by atoms with Gasteiger partial charge in [-0.05, 0) is 26.4 Å². The quantitative estimate of drug-likeness (QED) is 0.630. The average molecular weight is 280 g/mol. The van der Waals surface area contributed by atoms with Gasteiger partial charge in [-0.2, -0.15) is 0 Å². The number of nitrogens with zero attached hydrogens (tertiary/aromatic N) is 3.